The van der Waals surface area contributed by atoms with E-state index in [1.165, 1.54) is 12.1 Å². The highest BCUT2D eigenvalue weighted by molar-refractivity contribution is 6.11. The van der Waals surface area contributed by atoms with E-state index in [9.17, 15) is 13.2 Å². The van der Waals surface area contributed by atoms with Crippen molar-refractivity contribution in [3.8, 4) is 5.75 Å². The molecule has 1 heterocycles. The van der Waals surface area contributed by atoms with Crippen molar-refractivity contribution < 1.29 is 17.9 Å². The molecule has 1 aliphatic rings. The summed E-state index contributed by atoms with van der Waals surface area (Å²) in [6, 6.07) is 12.6. The average molecular weight is 320 g/mol. The van der Waals surface area contributed by atoms with Gasteiger partial charge in [0.15, 0.2) is 0 Å². The Labute approximate surface area is 132 Å². The topological polar surface area (TPSA) is 24.8 Å². The number of nitrogens with zero attached hydrogens (tertiary/aromatic N) is 2. The highest BCUT2D eigenvalue weighted by Crippen LogP contribution is 2.30. The van der Waals surface area contributed by atoms with Crippen LogP contribution in [0, 0.1) is 0 Å². The Bertz CT molecular complexity index is 706. The minimum atomic E-state index is -4.33. The van der Waals surface area contributed by atoms with Crippen molar-refractivity contribution in [3.63, 3.8) is 0 Å². The zero-order chi connectivity index (χ0) is 16.4. The van der Waals surface area contributed by atoms with Gasteiger partial charge in [0, 0.05) is 17.8 Å². The Morgan fingerprint density at radius 2 is 1.65 bits per heavy atom. The van der Waals surface area contributed by atoms with Crippen LogP contribution in [0.25, 0.3) is 0 Å². The Morgan fingerprint density at radius 1 is 1.00 bits per heavy atom. The quantitative estimate of drug-likeness (QED) is 0.854. The van der Waals surface area contributed by atoms with Crippen LogP contribution in [0.15, 0.2) is 53.5 Å². The highest BCUT2D eigenvalue weighted by Gasteiger charge is 2.30. The van der Waals surface area contributed by atoms with E-state index >= 15 is 0 Å². The van der Waals surface area contributed by atoms with Crippen LogP contribution in [-0.4, -0.2) is 26.0 Å². The van der Waals surface area contributed by atoms with Crippen LogP contribution in [0.3, 0.4) is 0 Å². The Kier molecular flexibility index (Phi) is 3.98. The molecule has 0 amide bonds. The normalized spacial score (nSPS) is 14.8. The number of benzene rings is 2. The van der Waals surface area contributed by atoms with Crippen LogP contribution in [-0.2, 0) is 6.18 Å². The molecule has 3 rings (SSSR count). The zero-order valence-electron chi connectivity index (χ0n) is 12.5. The van der Waals surface area contributed by atoms with Gasteiger partial charge in [-0.2, -0.15) is 13.2 Å². The molecule has 0 saturated heterocycles. The SMILES string of the molecule is COc1ccc(N2CCN=C2c2ccc(C(F)(F)F)cc2)cc1. The summed E-state index contributed by atoms with van der Waals surface area (Å²) in [6.07, 6.45) is -4.33. The van der Waals surface area contributed by atoms with Gasteiger partial charge in [-0.1, -0.05) is 12.1 Å². The van der Waals surface area contributed by atoms with Gasteiger partial charge in [0.25, 0.3) is 0 Å². The summed E-state index contributed by atoms with van der Waals surface area (Å²) in [5, 5.41) is 0. The van der Waals surface area contributed by atoms with Crippen LogP contribution in [0.1, 0.15) is 11.1 Å². The van der Waals surface area contributed by atoms with Crippen molar-refractivity contribution in [2.24, 2.45) is 4.99 Å². The molecule has 2 aromatic carbocycles. The number of anilines is 1. The first kappa shape index (κ1) is 15.4. The predicted octanol–water partition coefficient (Wildman–Crippen LogP) is 3.98. The van der Waals surface area contributed by atoms with Gasteiger partial charge in [-0.3, -0.25) is 4.99 Å². The average Bonchev–Trinajstić information content (AvgIpc) is 3.04. The number of alkyl halides is 3. The standard InChI is InChI=1S/C17H15F3N2O/c1-23-15-8-6-14(7-9-15)22-11-10-21-16(22)12-2-4-13(5-3-12)17(18,19)20/h2-9H,10-11H2,1H3. The Balaban J connectivity index is 1.86. The predicted molar refractivity (Wildman–Crippen MR) is 83.2 cm³/mol. The van der Waals surface area contributed by atoms with E-state index in [0.717, 1.165) is 23.6 Å². The number of ether oxygens (including phenoxy) is 1. The molecule has 2 aromatic rings. The molecule has 0 radical (unpaired) electrons. The molecule has 0 bridgehead atoms. The smallest absolute Gasteiger partial charge is 0.416 e. The monoisotopic (exact) mass is 320 g/mol. The molecule has 23 heavy (non-hydrogen) atoms. The van der Waals surface area contributed by atoms with Gasteiger partial charge in [0.05, 0.1) is 19.2 Å². The summed E-state index contributed by atoms with van der Waals surface area (Å²) in [5.74, 6) is 1.44. The first-order valence-corrected chi connectivity index (χ1v) is 7.13. The van der Waals surface area contributed by atoms with Crippen LogP contribution in [0.4, 0.5) is 18.9 Å². The third-order valence-corrected chi connectivity index (χ3v) is 3.70. The van der Waals surface area contributed by atoms with Crippen LogP contribution < -0.4 is 9.64 Å². The van der Waals surface area contributed by atoms with Gasteiger partial charge in [-0.15, -0.1) is 0 Å². The second-order valence-electron chi connectivity index (χ2n) is 5.13. The van der Waals surface area contributed by atoms with E-state index in [1.54, 1.807) is 7.11 Å². The third kappa shape index (κ3) is 3.16. The maximum atomic E-state index is 12.7. The second kappa shape index (κ2) is 5.95. The summed E-state index contributed by atoms with van der Waals surface area (Å²) >= 11 is 0. The maximum absolute atomic E-state index is 12.7. The molecule has 0 spiro atoms. The number of methoxy groups -OCH3 is 1. The van der Waals surface area contributed by atoms with Crippen molar-refractivity contribution in [3.05, 3.63) is 59.7 Å². The van der Waals surface area contributed by atoms with Crippen LogP contribution in [0.5, 0.6) is 5.75 Å². The lowest BCUT2D eigenvalue weighted by molar-refractivity contribution is -0.137. The molecule has 0 aromatic heterocycles. The largest absolute Gasteiger partial charge is 0.497 e. The van der Waals surface area contributed by atoms with Gasteiger partial charge in [0.1, 0.15) is 11.6 Å². The number of hydrogen-bond donors (Lipinski definition) is 0. The summed E-state index contributed by atoms with van der Waals surface area (Å²) in [4.78, 5) is 6.42. The van der Waals surface area contributed by atoms with Gasteiger partial charge in [-0.25, -0.2) is 0 Å². The molecular formula is C17H15F3N2O. The van der Waals surface area contributed by atoms with Crippen LogP contribution in [0.2, 0.25) is 0 Å². The molecule has 6 heteroatoms. The molecule has 0 atom stereocenters. The third-order valence-electron chi connectivity index (χ3n) is 3.70. The van der Waals surface area contributed by atoms with Crippen molar-refractivity contribution in [2.75, 3.05) is 25.1 Å². The van der Waals surface area contributed by atoms with Crippen molar-refractivity contribution >= 4 is 11.5 Å². The fraction of sp³-hybridized carbons (Fsp3) is 0.235. The molecule has 3 nitrogen and oxygen atoms in total. The van der Waals surface area contributed by atoms with E-state index in [2.05, 4.69) is 4.99 Å². The summed E-state index contributed by atoms with van der Waals surface area (Å²) in [5.41, 5.74) is 0.948. The highest BCUT2D eigenvalue weighted by atomic mass is 19.4. The van der Waals surface area contributed by atoms with Gasteiger partial charge in [-0.05, 0) is 36.4 Å². The van der Waals surface area contributed by atoms with E-state index in [1.807, 2.05) is 29.2 Å². The molecule has 0 N–H and O–H groups in total. The molecule has 0 fully saturated rings. The van der Waals surface area contributed by atoms with Crippen molar-refractivity contribution in [2.45, 2.75) is 6.18 Å². The Hall–Kier alpha value is -2.50. The van der Waals surface area contributed by atoms with Gasteiger partial charge >= 0.3 is 6.18 Å². The maximum Gasteiger partial charge on any atom is 0.416 e. The number of rotatable bonds is 3. The van der Waals surface area contributed by atoms with Crippen LogP contribution >= 0.6 is 0 Å². The minimum absolute atomic E-state index is 0.613. The van der Waals surface area contributed by atoms with E-state index in [4.69, 9.17) is 4.74 Å². The fourth-order valence-electron chi connectivity index (χ4n) is 2.52. The Morgan fingerprint density at radius 3 is 2.22 bits per heavy atom. The molecule has 0 saturated carbocycles. The number of aliphatic imine (C=N–C) groups is 1. The zero-order valence-corrected chi connectivity index (χ0v) is 12.5. The van der Waals surface area contributed by atoms with Gasteiger partial charge in [0.2, 0.25) is 0 Å². The molecular weight excluding hydrogens is 305 g/mol. The number of halogens is 3. The lowest BCUT2D eigenvalue weighted by Gasteiger charge is -2.21. The first-order valence-electron chi connectivity index (χ1n) is 7.13. The molecule has 0 aliphatic carbocycles. The van der Waals surface area contributed by atoms with Gasteiger partial charge < -0.3 is 9.64 Å². The number of amidine groups is 1. The minimum Gasteiger partial charge on any atom is -0.497 e. The van der Waals surface area contributed by atoms with E-state index in [0.29, 0.717) is 24.5 Å². The summed E-state index contributed by atoms with van der Waals surface area (Å²) in [6.45, 7) is 1.31. The van der Waals surface area contributed by atoms with Crippen molar-refractivity contribution in [1.29, 1.82) is 0 Å². The van der Waals surface area contributed by atoms with E-state index < -0.39 is 11.7 Å². The molecule has 120 valence electrons. The molecule has 0 unspecified atom stereocenters. The summed E-state index contributed by atoms with van der Waals surface area (Å²) < 4.78 is 43.1. The van der Waals surface area contributed by atoms with E-state index in [-0.39, 0.29) is 0 Å². The lowest BCUT2D eigenvalue weighted by atomic mass is 10.1. The molecule has 1 aliphatic heterocycles. The first-order chi connectivity index (χ1) is 11.0. The number of hydrogen-bond acceptors (Lipinski definition) is 3. The van der Waals surface area contributed by atoms with Crippen molar-refractivity contribution in [1.82, 2.24) is 0 Å². The fourth-order valence-corrected chi connectivity index (χ4v) is 2.52. The lowest BCUT2D eigenvalue weighted by Crippen LogP contribution is -2.28. The summed E-state index contributed by atoms with van der Waals surface area (Å²) in [7, 11) is 1.60. The second-order valence-corrected chi connectivity index (χ2v) is 5.13.